The largest absolute Gasteiger partial charge is 0.489 e. The number of carbonyl (C=O) groups is 2. The second kappa shape index (κ2) is 8.44. The highest BCUT2D eigenvalue weighted by atomic mass is 19.1. The van der Waals surface area contributed by atoms with Crippen LogP contribution in [0.3, 0.4) is 0 Å². The number of fused-ring (bicyclic) bond motifs is 1. The van der Waals surface area contributed by atoms with Gasteiger partial charge in [0.15, 0.2) is 11.6 Å². The Bertz CT molecular complexity index is 943. The number of likely N-dealkylation sites (N-methyl/N-ethyl adjacent to an activating group) is 1. The predicted molar refractivity (Wildman–Crippen MR) is 113 cm³/mol. The van der Waals surface area contributed by atoms with Crippen LogP contribution in [0.5, 0.6) is 5.75 Å². The third-order valence-corrected chi connectivity index (χ3v) is 5.90. The van der Waals surface area contributed by atoms with Crippen LogP contribution in [0, 0.1) is 5.82 Å². The van der Waals surface area contributed by atoms with E-state index >= 15 is 0 Å². The molecule has 30 heavy (non-hydrogen) atoms. The summed E-state index contributed by atoms with van der Waals surface area (Å²) >= 11 is 0. The van der Waals surface area contributed by atoms with Crippen LogP contribution >= 0.6 is 0 Å². The van der Waals surface area contributed by atoms with E-state index in [1.807, 2.05) is 36.2 Å². The quantitative estimate of drug-likeness (QED) is 0.791. The van der Waals surface area contributed by atoms with Gasteiger partial charge < -0.3 is 10.1 Å². The van der Waals surface area contributed by atoms with Gasteiger partial charge in [0.05, 0.1) is 17.9 Å². The van der Waals surface area contributed by atoms with Crippen molar-refractivity contribution in [2.45, 2.75) is 31.2 Å². The van der Waals surface area contributed by atoms with Gasteiger partial charge in [-0.15, -0.1) is 0 Å². The van der Waals surface area contributed by atoms with Crippen molar-refractivity contribution in [2.75, 3.05) is 37.0 Å². The summed E-state index contributed by atoms with van der Waals surface area (Å²) < 4.78 is 19.2. The third-order valence-electron chi connectivity index (χ3n) is 5.90. The first kappa shape index (κ1) is 20.3. The molecule has 1 saturated carbocycles. The van der Waals surface area contributed by atoms with E-state index in [-0.39, 0.29) is 30.7 Å². The Hall–Kier alpha value is -2.93. The zero-order chi connectivity index (χ0) is 21.1. The van der Waals surface area contributed by atoms with Crippen LogP contribution in [-0.2, 0) is 9.59 Å². The summed E-state index contributed by atoms with van der Waals surface area (Å²) in [6.45, 7) is 0.853. The van der Waals surface area contributed by atoms with Crippen molar-refractivity contribution in [2.24, 2.45) is 0 Å². The van der Waals surface area contributed by atoms with Gasteiger partial charge in [0.25, 0.3) is 5.91 Å². The Morgan fingerprint density at radius 2 is 1.87 bits per heavy atom. The molecule has 4 rings (SSSR count). The predicted octanol–water partition coefficient (Wildman–Crippen LogP) is 3.43. The first-order valence-corrected chi connectivity index (χ1v) is 10.3. The van der Waals surface area contributed by atoms with Crippen molar-refractivity contribution < 1.29 is 18.7 Å². The molecule has 2 aliphatic rings. The van der Waals surface area contributed by atoms with Crippen LogP contribution in [-0.4, -0.2) is 49.0 Å². The maximum Gasteiger partial charge on any atom is 0.250 e. The lowest BCUT2D eigenvalue weighted by Crippen LogP contribution is -2.62. The SMILES string of the molecule is CN(CCOc1ccccc1F)CC(=O)N1c2ccccc2NC(=O)C12CCCC2. The lowest BCUT2D eigenvalue weighted by molar-refractivity contribution is -0.127. The molecule has 0 saturated heterocycles. The van der Waals surface area contributed by atoms with E-state index in [2.05, 4.69) is 5.32 Å². The second-order valence-corrected chi connectivity index (χ2v) is 7.96. The molecule has 0 bridgehead atoms. The van der Waals surface area contributed by atoms with Gasteiger partial charge in [0, 0.05) is 6.54 Å². The number of nitrogens with zero attached hydrogens (tertiary/aromatic N) is 2. The molecule has 0 atom stereocenters. The molecule has 7 heteroatoms. The molecule has 0 aromatic heterocycles. The molecule has 6 nitrogen and oxygen atoms in total. The number of para-hydroxylation sites is 3. The molecule has 1 heterocycles. The number of nitrogens with one attached hydrogen (secondary N) is 1. The van der Waals surface area contributed by atoms with Crippen LogP contribution < -0.4 is 15.0 Å². The number of rotatable bonds is 6. The minimum atomic E-state index is -0.810. The molecule has 0 radical (unpaired) electrons. The highest BCUT2D eigenvalue weighted by Crippen LogP contribution is 2.45. The van der Waals surface area contributed by atoms with Gasteiger partial charge in [-0.25, -0.2) is 4.39 Å². The average molecular weight is 411 g/mol. The van der Waals surface area contributed by atoms with E-state index in [1.54, 1.807) is 23.1 Å². The minimum Gasteiger partial charge on any atom is -0.489 e. The van der Waals surface area contributed by atoms with E-state index in [9.17, 15) is 14.0 Å². The van der Waals surface area contributed by atoms with Gasteiger partial charge in [0.2, 0.25) is 5.91 Å². The lowest BCUT2D eigenvalue weighted by atomic mass is 9.89. The van der Waals surface area contributed by atoms with Crippen molar-refractivity contribution in [3.8, 4) is 5.75 Å². The zero-order valence-electron chi connectivity index (χ0n) is 17.1. The molecule has 1 aliphatic carbocycles. The Labute approximate surface area is 175 Å². The summed E-state index contributed by atoms with van der Waals surface area (Å²) in [7, 11) is 1.82. The highest BCUT2D eigenvalue weighted by molar-refractivity contribution is 6.15. The van der Waals surface area contributed by atoms with Crippen molar-refractivity contribution in [3.63, 3.8) is 0 Å². The van der Waals surface area contributed by atoms with Crippen molar-refractivity contribution in [1.29, 1.82) is 0 Å². The fourth-order valence-corrected chi connectivity index (χ4v) is 4.38. The number of benzene rings is 2. The van der Waals surface area contributed by atoms with Gasteiger partial charge in [0.1, 0.15) is 12.1 Å². The summed E-state index contributed by atoms with van der Waals surface area (Å²) in [6, 6.07) is 13.7. The standard InChI is InChI=1S/C23H26FN3O3/c1-26(14-15-30-20-11-5-2-8-17(20)24)16-21(28)27-19-10-4-3-9-18(19)25-22(29)23(27)12-6-7-13-23/h2-5,8-11H,6-7,12-16H2,1H3,(H,25,29). The summed E-state index contributed by atoms with van der Waals surface area (Å²) in [5, 5.41) is 2.99. The number of halogens is 1. The number of hydrogen-bond donors (Lipinski definition) is 1. The van der Waals surface area contributed by atoms with Crippen molar-refractivity contribution in [1.82, 2.24) is 4.90 Å². The minimum absolute atomic E-state index is 0.0995. The Balaban J connectivity index is 1.45. The first-order valence-electron chi connectivity index (χ1n) is 10.3. The van der Waals surface area contributed by atoms with Gasteiger partial charge in [-0.3, -0.25) is 19.4 Å². The van der Waals surface area contributed by atoms with E-state index in [4.69, 9.17) is 4.74 Å². The molecule has 1 aliphatic heterocycles. The first-order chi connectivity index (χ1) is 14.5. The molecule has 2 aromatic carbocycles. The third kappa shape index (κ3) is 3.77. The molecular formula is C23H26FN3O3. The van der Waals surface area contributed by atoms with Crippen LogP contribution in [0.1, 0.15) is 25.7 Å². The number of hydrogen-bond acceptors (Lipinski definition) is 4. The van der Waals surface area contributed by atoms with Crippen molar-refractivity contribution in [3.05, 3.63) is 54.3 Å². The van der Waals surface area contributed by atoms with E-state index in [1.165, 1.54) is 6.07 Å². The summed E-state index contributed by atoms with van der Waals surface area (Å²) in [5.41, 5.74) is 0.606. The number of anilines is 2. The van der Waals surface area contributed by atoms with Crippen LogP contribution in [0.25, 0.3) is 0 Å². The van der Waals surface area contributed by atoms with Crippen molar-refractivity contribution >= 4 is 23.2 Å². The molecule has 2 amide bonds. The summed E-state index contributed by atoms with van der Waals surface area (Å²) in [5.74, 6) is -0.427. The average Bonchev–Trinajstić information content (AvgIpc) is 3.20. The van der Waals surface area contributed by atoms with Gasteiger partial charge >= 0.3 is 0 Å². The fraction of sp³-hybridized carbons (Fsp3) is 0.391. The molecule has 0 unspecified atom stereocenters. The fourth-order valence-electron chi connectivity index (χ4n) is 4.38. The topological polar surface area (TPSA) is 61.9 Å². The molecule has 1 fully saturated rings. The van der Waals surface area contributed by atoms with Gasteiger partial charge in [-0.2, -0.15) is 0 Å². The Kier molecular flexibility index (Phi) is 5.72. The number of amides is 2. The maximum atomic E-state index is 13.7. The van der Waals surface area contributed by atoms with Gasteiger partial charge in [-0.05, 0) is 44.2 Å². The van der Waals surface area contributed by atoms with Crippen LogP contribution in [0.15, 0.2) is 48.5 Å². The number of ether oxygens (including phenoxy) is 1. The van der Waals surface area contributed by atoms with E-state index < -0.39 is 11.4 Å². The molecule has 2 aromatic rings. The van der Waals surface area contributed by atoms with E-state index in [0.29, 0.717) is 25.1 Å². The van der Waals surface area contributed by atoms with Crippen LogP contribution in [0.4, 0.5) is 15.8 Å². The number of carbonyl (C=O) groups excluding carboxylic acids is 2. The molecule has 158 valence electrons. The smallest absolute Gasteiger partial charge is 0.250 e. The molecular weight excluding hydrogens is 385 g/mol. The summed E-state index contributed by atoms with van der Waals surface area (Å²) in [6.07, 6.45) is 3.18. The monoisotopic (exact) mass is 411 g/mol. The Morgan fingerprint density at radius 3 is 2.63 bits per heavy atom. The van der Waals surface area contributed by atoms with Gasteiger partial charge in [-0.1, -0.05) is 37.1 Å². The van der Waals surface area contributed by atoms with Crippen LogP contribution in [0.2, 0.25) is 0 Å². The second-order valence-electron chi connectivity index (χ2n) is 7.96. The zero-order valence-corrected chi connectivity index (χ0v) is 17.1. The maximum absolute atomic E-state index is 13.7. The highest BCUT2D eigenvalue weighted by Gasteiger charge is 2.52. The normalized spacial score (nSPS) is 17.2. The Morgan fingerprint density at radius 1 is 1.17 bits per heavy atom. The lowest BCUT2D eigenvalue weighted by Gasteiger charge is -2.44. The molecule has 1 N–H and O–H groups in total. The molecule has 1 spiro atoms. The van der Waals surface area contributed by atoms with E-state index in [0.717, 1.165) is 18.5 Å². The summed E-state index contributed by atoms with van der Waals surface area (Å²) in [4.78, 5) is 29.9.